The van der Waals surface area contributed by atoms with Crippen LogP contribution in [0.25, 0.3) is 0 Å². The van der Waals surface area contributed by atoms with E-state index in [0.29, 0.717) is 25.3 Å². The molecule has 23 heavy (non-hydrogen) atoms. The standard InChI is InChI=1S/C15H19F3N2O2.ClH/c1-10(11-3-2-4-12(7-11)15(16,17)18)20-14(21)8-13-9-22-6-5-19-13;/h2-4,7,10,13,19H,5-6,8-9H2,1H3,(H,20,21);1H. The molecular formula is C15H20ClF3N2O2. The Kier molecular flexibility index (Phi) is 7.31. The highest BCUT2D eigenvalue weighted by molar-refractivity contribution is 5.85. The van der Waals surface area contributed by atoms with Crippen LogP contribution in [-0.2, 0) is 15.7 Å². The van der Waals surface area contributed by atoms with Crippen molar-refractivity contribution in [3.63, 3.8) is 0 Å². The number of hydrogen-bond donors (Lipinski definition) is 2. The molecule has 1 aliphatic heterocycles. The molecule has 0 saturated carbocycles. The number of morpholine rings is 1. The van der Waals surface area contributed by atoms with E-state index in [9.17, 15) is 18.0 Å². The van der Waals surface area contributed by atoms with Crippen LogP contribution < -0.4 is 10.6 Å². The van der Waals surface area contributed by atoms with Gasteiger partial charge in [-0.15, -0.1) is 12.4 Å². The molecule has 2 N–H and O–H groups in total. The highest BCUT2D eigenvalue weighted by Crippen LogP contribution is 2.30. The molecule has 0 aromatic heterocycles. The van der Waals surface area contributed by atoms with Gasteiger partial charge in [-0.05, 0) is 24.6 Å². The monoisotopic (exact) mass is 352 g/mol. The van der Waals surface area contributed by atoms with Gasteiger partial charge in [-0.3, -0.25) is 4.79 Å². The van der Waals surface area contributed by atoms with Crippen molar-refractivity contribution in [3.8, 4) is 0 Å². The molecule has 0 spiro atoms. The van der Waals surface area contributed by atoms with Crippen LogP contribution in [0, 0.1) is 0 Å². The van der Waals surface area contributed by atoms with Gasteiger partial charge < -0.3 is 15.4 Å². The van der Waals surface area contributed by atoms with Crippen molar-refractivity contribution in [2.45, 2.75) is 31.6 Å². The second-order valence-corrected chi connectivity index (χ2v) is 5.34. The van der Waals surface area contributed by atoms with Crippen LogP contribution in [0.5, 0.6) is 0 Å². The lowest BCUT2D eigenvalue weighted by molar-refractivity contribution is -0.137. The molecule has 1 aliphatic rings. The Hall–Kier alpha value is -1.31. The van der Waals surface area contributed by atoms with E-state index in [0.717, 1.165) is 12.1 Å². The van der Waals surface area contributed by atoms with Gasteiger partial charge in [0.15, 0.2) is 0 Å². The summed E-state index contributed by atoms with van der Waals surface area (Å²) < 4.78 is 43.3. The minimum atomic E-state index is -4.39. The summed E-state index contributed by atoms with van der Waals surface area (Å²) in [7, 11) is 0. The first kappa shape index (κ1) is 19.7. The Labute approximate surface area is 139 Å². The normalized spacial score (nSPS) is 19.6. The SMILES string of the molecule is CC(NC(=O)CC1COCCN1)c1cccc(C(F)(F)F)c1.Cl. The van der Waals surface area contributed by atoms with Crippen LogP contribution in [0.15, 0.2) is 24.3 Å². The van der Waals surface area contributed by atoms with Gasteiger partial charge in [-0.1, -0.05) is 12.1 Å². The lowest BCUT2D eigenvalue weighted by Crippen LogP contribution is -2.44. The maximum Gasteiger partial charge on any atom is 0.416 e. The van der Waals surface area contributed by atoms with Crippen molar-refractivity contribution >= 4 is 18.3 Å². The number of nitrogens with one attached hydrogen (secondary N) is 2. The van der Waals surface area contributed by atoms with Crippen molar-refractivity contribution in [2.75, 3.05) is 19.8 Å². The van der Waals surface area contributed by atoms with E-state index in [-0.39, 0.29) is 30.8 Å². The van der Waals surface area contributed by atoms with E-state index in [1.54, 1.807) is 13.0 Å². The first-order valence-electron chi connectivity index (χ1n) is 7.14. The third-order valence-electron chi connectivity index (χ3n) is 3.52. The van der Waals surface area contributed by atoms with Crippen molar-refractivity contribution in [1.29, 1.82) is 0 Å². The third kappa shape index (κ3) is 6.01. The Morgan fingerprint density at radius 2 is 2.22 bits per heavy atom. The first-order chi connectivity index (χ1) is 10.4. The fourth-order valence-electron chi connectivity index (χ4n) is 2.34. The zero-order chi connectivity index (χ0) is 16.2. The lowest BCUT2D eigenvalue weighted by Gasteiger charge is -2.24. The molecule has 2 unspecified atom stereocenters. The molecule has 2 atom stereocenters. The fraction of sp³-hybridized carbons (Fsp3) is 0.533. The van der Waals surface area contributed by atoms with E-state index in [2.05, 4.69) is 10.6 Å². The maximum atomic E-state index is 12.7. The molecule has 1 aromatic carbocycles. The maximum absolute atomic E-state index is 12.7. The summed E-state index contributed by atoms with van der Waals surface area (Å²) in [5.41, 5.74) is -0.288. The highest BCUT2D eigenvalue weighted by atomic mass is 35.5. The predicted molar refractivity (Wildman–Crippen MR) is 82.5 cm³/mol. The molecule has 0 aliphatic carbocycles. The van der Waals surface area contributed by atoms with Crippen LogP contribution >= 0.6 is 12.4 Å². The number of carbonyl (C=O) groups excluding carboxylic acids is 1. The van der Waals surface area contributed by atoms with Gasteiger partial charge in [0.25, 0.3) is 0 Å². The minimum Gasteiger partial charge on any atom is -0.378 e. The Morgan fingerprint density at radius 1 is 1.48 bits per heavy atom. The highest BCUT2D eigenvalue weighted by Gasteiger charge is 2.30. The van der Waals surface area contributed by atoms with Gasteiger partial charge in [-0.25, -0.2) is 0 Å². The van der Waals surface area contributed by atoms with Crippen LogP contribution in [0.4, 0.5) is 13.2 Å². The Morgan fingerprint density at radius 3 is 2.83 bits per heavy atom. The number of carbonyl (C=O) groups is 1. The molecule has 1 heterocycles. The quantitative estimate of drug-likeness (QED) is 0.876. The van der Waals surface area contributed by atoms with E-state index >= 15 is 0 Å². The van der Waals surface area contributed by atoms with Crippen molar-refractivity contribution in [2.24, 2.45) is 0 Å². The van der Waals surface area contributed by atoms with Crippen molar-refractivity contribution < 1.29 is 22.7 Å². The molecule has 0 radical (unpaired) electrons. The number of alkyl halides is 3. The van der Waals surface area contributed by atoms with Crippen LogP contribution in [0.1, 0.15) is 30.5 Å². The van der Waals surface area contributed by atoms with E-state index in [4.69, 9.17) is 4.74 Å². The Bertz CT molecular complexity index is 520. The molecule has 0 bridgehead atoms. The van der Waals surface area contributed by atoms with Gasteiger partial charge in [0.05, 0.1) is 24.8 Å². The number of benzene rings is 1. The predicted octanol–water partition coefficient (Wildman–Crippen LogP) is 2.68. The molecule has 4 nitrogen and oxygen atoms in total. The second-order valence-electron chi connectivity index (χ2n) is 5.34. The number of rotatable bonds is 4. The number of halogens is 4. The van der Waals surface area contributed by atoms with Gasteiger partial charge in [-0.2, -0.15) is 13.2 Å². The zero-order valence-electron chi connectivity index (χ0n) is 12.7. The molecule has 1 fully saturated rings. The largest absolute Gasteiger partial charge is 0.416 e. The average Bonchev–Trinajstić information content (AvgIpc) is 2.47. The number of hydrogen-bond acceptors (Lipinski definition) is 3. The summed E-state index contributed by atoms with van der Waals surface area (Å²) >= 11 is 0. The molecular weight excluding hydrogens is 333 g/mol. The Balaban J connectivity index is 0.00000264. The van der Waals surface area contributed by atoms with E-state index in [1.165, 1.54) is 6.07 Å². The molecule has 2 rings (SSSR count). The fourth-order valence-corrected chi connectivity index (χ4v) is 2.34. The zero-order valence-corrected chi connectivity index (χ0v) is 13.5. The molecule has 130 valence electrons. The number of amides is 1. The van der Waals surface area contributed by atoms with E-state index < -0.39 is 17.8 Å². The summed E-state index contributed by atoms with van der Waals surface area (Å²) in [6.45, 7) is 3.45. The van der Waals surface area contributed by atoms with Crippen LogP contribution in [0.2, 0.25) is 0 Å². The molecule has 1 aromatic rings. The first-order valence-corrected chi connectivity index (χ1v) is 7.14. The van der Waals surface area contributed by atoms with Gasteiger partial charge in [0.2, 0.25) is 5.91 Å². The summed E-state index contributed by atoms with van der Waals surface area (Å²) in [4.78, 5) is 11.9. The van der Waals surface area contributed by atoms with Gasteiger partial charge in [0, 0.05) is 19.0 Å². The summed E-state index contributed by atoms with van der Waals surface area (Å²) in [6, 6.07) is 4.45. The van der Waals surface area contributed by atoms with Crippen molar-refractivity contribution in [1.82, 2.24) is 10.6 Å². The van der Waals surface area contributed by atoms with Crippen LogP contribution in [-0.4, -0.2) is 31.7 Å². The second kappa shape index (κ2) is 8.52. The molecule has 1 amide bonds. The topological polar surface area (TPSA) is 50.4 Å². The summed E-state index contributed by atoms with van der Waals surface area (Å²) in [6.07, 6.45) is -4.15. The van der Waals surface area contributed by atoms with E-state index in [1.807, 2.05) is 0 Å². The molecule has 1 saturated heterocycles. The van der Waals surface area contributed by atoms with Gasteiger partial charge in [0.1, 0.15) is 0 Å². The minimum absolute atomic E-state index is 0. The van der Waals surface area contributed by atoms with Gasteiger partial charge >= 0.3 is 6.18 Å². The van der Waals surface area contributed by atoms with Crippen molar-refractivity contribution in [3.05, 3.63) is 35.4 Å². The third-order valence-corrected chi connectivity index (χ3v) is 3.52. The lowest BCUT2D eigenvalue weighted by atomic mass is 10.0. The molecule has 8 heteroatoms. The average molecular weight is 353 g/mol. The summed E-state index contributed by atoms with van der Waals surface area (Å²) in [5.74, 6) is -0.215. The number of ether oxygens (including phenoxy) is 1. The smallest absolute Gasteiger partial charge is 0.378 e. The van der Waals surface area contributed by atoms with Crippen LogP contribution in [0.3, 0.4) is 0 Å². The summed E-state index contributed by atoms with van der Waals surface area (Å²) in [5, 5.41) is 5.88.